The van der Waals surface area contributed by atoms with Crippen LogP contribution in [-0.2, 0) is 0 Å². The fraction of sp³-hybridized carbons (Fsp3) is 0.333. The van der Waals surface area contributed by atoms with Gasteiger partial charge in [0.25, 0.3) is 6.54 Å². The van der Waals surface area contributed by atoms with Crippen LogP contribution in [0.15, 0.2) is 11.4 Å². The number of hydrogen-bond donors (Lipinski definition) is 2. The lowest BCUT2D eigenvalue weighted by Gasteiger charge is -1.80. The highest BCUT2D eigenvalue weighted by molar-refractivity contribution is 5.33. The summed E-state index contributed by atoms with van der Waals surface area (Å²) in [6.07, 6.45) is 0. The van der Waals surface area contributed by atoms with E-state index < -0.39 is 0 Å². The van der Waals surface area contributed by atoms with E-state index in [9.17, 15) is 0 Å². The van der Waals surface area contributed by atoms with Gasteiger partial charge in [-0.15, -0.1) is 0 Å². The van der Waals surface area contributed by atoms with Gasteiger partial charge in [-0.1, -0.05) is 4.85 Å². The molecule has 0 rings (SSSR count). The third kappa shape index (κ3) is 2.58. The molecule has 10 heavy (non-hydrogen) atoms. The van der Waals surface area contributed by atoms with Crippen LogP contribution in [0.25, 0.3) is 4.85 Å². The average Bonchev–Trinajstić information content (AvgIpc) is 1.98. The van der Waals surface area contributed by atoms with Gasteiger partial charge in [-0.25, -0.2) is 0 Å². The highest BCUT2D eigenvalue weighted by Crippen LogP contribution is 1.86. The Balaban J connectivity index is 4.37. The lowest BCUT2D eigenvalue weighted by Crippen LogP contribution is -2.05. The van der Waals surface area contributed by atoms with Crippen LogP contribution in [-0.4, -0.2) is 6.54 Å². The molecule has 0 aromatic carbocycles. The smallest absolute Gasteiger partial charge is 0.331 e. The minimum Gasteiger partial charge on any atom is -0.388 e. The summed E-state index contributed by atoms with van der Waals surface area (Å²) in [5.41, 5.74) is 10.4. The molecule has 52 valence electrons. The maximum atomic E-state index is 8.21. The topological polar surface area (TPSA) is 80.2 Å². The Morgan fingerprint density at radius 2 is 2.10 bits per heavy atom. The summed E-state index contributed by atoms with van der Waals surface area (Å²) >= 11 is 0. The van der Waals surface area contributed by atoms with E-state index >= 15 is 0 Å². The lowest BCUT2D eigenvalue weighted by molar-refractivity contribution is 1.28. The molecule has 0 bridgehead atoms. The standard InChI is InChI=1S/C6H8N4/c1-2-10-4-6(9)5(8)3-7/h8H,2,9H2,1H3/p+1. The van der Waals surface area contributed by atoms with Crippen LogP contribution in [0.5, 0.6) is 0 Å². The third-order valence-electron chi connectivity index (χ3n) is 0.768. The van der Waals surface area contributed by atoms with Crippen molar-refractivity contribution < 1.29 is 0 Å². The Morgan fingerprint density at radius 1 is 1.50 bits per heavy atom. The summed E-state index contributed by atoms with van der Waals surface area (Å²) < 4.78 is 0. The number of nitrogens with zero attached hydrogens (tertiary/aromatic N) is 2. The van der Waals surface area contributed by atoms with E-state index in [1.165, 1.54) is 0 Å². The second-order valence-corrected chi connectivity index (χ2v) is 1.53. The Morgan fingerprint density at radius 3 is 2.50 bits per heavy atom. The molecular weight excluding hydrogens is 128 g/mol. The van der Waals surface area contributed by atoms with Gasteiger partial charge in [0, 0.05) is 6.92 Å². The molecule has 4 heteroatoms. The molecule has 4 N–H and O–H groups in total. The molecule has 0 aliphatic carbocycles. The van der Waals surface area contributed by atoms with Crippen molar-refractivity contribution in [3.05, 3.63) is 16.2 Å². The average molecular weight is 137 g/mol. The molecule has 0 fully saturated rings. The third-order valence-corrected chi connectivity index (χ3v) is 0.768. The Bertz CT molecular complexity index is 235. The zero-order chi connectivity index (χ0) is 7.98. The fourth-order valence-electron chi connectivity index (χ4n) is 0.285. The molecule has 0 spiro atoms. The highest BCUT2D eigenvalue weighted by Gasteiger charge is 1.98. The SMILES string of the molecule is CC[N+]#C/C(N)=C(/N)C#N. The van der Waals surface area contributed by atoms with E-state index in [0.29, 0.717) is 6.54 Å². The van der Waals surface area contributed by atoms with E-state index in [1.807, 2.05) is 6.92 Å². The summed E-state index contributed by atoms with van der Waals surface area (Å²) in [5, 5.41) is 8.21. The number of hydrogen-bond acceptors (Lipinski definition) is 3. The van der Waals surface area contributed by atoms with Crippen molar-refractivity contribution in [3.8, 4) is 12.1 Å². The molecule has 0 saturated heterocycles. The molecule has 0 aromatic rings. The first-order valence-corrected chi connectivity index (χ1v) is 2.80. The lowest BCUT2D eigenvalue weighted by atomic mass is 10.4. The quantitative estimate of drug-likeness (QED) is 0.461. The van der Waals surface area contributed by atoms with Crippen molar-refractivity contribution in [2.24, 2.45) is 11.5 Å². The van der Waals surface area contributed by atoms with Gasteiger partial charge in [-0.3, -0.25) is 0 Å². The minimum atomic E-state index is -0.0443. The Kier molecular flexibility index (Phi) is 3.51. The van der Waals surface area contributed by atoms with Crippen molar-refractivity contribution in [1.82, 2.24) is 0 Å². The van der Waals surface area contributed by atoms with E-state index in [0.717, 1.165) is 0 Å². The number of nitrogens with two attached hydrogens (primary N) is 2. The first-order chi connectivity index (χ1) is 4.72. The van der Waals surface area contributed by atoms with Crippen LogP contribution in [0.1, 0.15) is 6.92 Å². The second kappa shape index (κ2) is 4.22. The number of rotatable bonds is 0. The molecule has 0 aromatic heterocycles. The first kappa shape index (κ1) is 8.32. The van der Waals surface area contributed by atoms with Crippen molar-refractivity contribution in [3.63, 3.8) is 0 Å². The summed E-state index contributed by atoms with van der Waals surface area (Å²) in [6, 6.07) is 4.10. The molecule has 0 aliphatic heterocycles. The predicted octanol–water partition coefficient (Wildman–Crippen LogP) is -0.00822. The zero-order valence-electron chi connectivity index (χ0n) is 5.76. The highest BCUT2D eigenvalue weighted by atomic mass is 14.7. The normalized spacial score (nSPS) is 10.4. The van der Waals surface area contributed by atoms with Crippen molar-refractivity contribution in [1.29, 1.82) is 5.26 Å². The zero-order valence-corrected chi connectivity index (χ0v) is 5.76. The summed E-state index contributed by atoms with van der Waals surface area (Å²) in [7, 11) is 0. The van der Waals surface area contributed by atoms with Crippen LogP contribution in [0, 0.1) is 17.4 Å². The fourth-order valence-corrected chi connectivity index (χ4v) is 0.285. The van der Waals surface area contributed by atoms with Gasteiger partial charge in [0.1, 0.15) is 11.8 Å². The number of allylic oxidation sites excluding steroid dienone is 2. The minimum absolute atomic E-state index is 0.0443. The maximum absolute atomic E-state index is 8.21. The Labute approximate surface area is 59.5 Å². The van der Waals surface area contributed by atoms with E-state index in [2.05, 4.69) is 10.9 Å². The van der Waals surface area contributed by atoms with Gasteiger partial charge in [0.2, 0.25) is 0 Å². The molecule has 0 amide bonds. The monoisotopic (exact) mass is 137 g/mol. The van der Waals surface area contributed by atoms with E-state index in [4.69, 9.17) is 16.7 Å². The summed E-state index contributed by atoms with van der Waals surface area (Å²) in [5.74, 6) is 0. The largest absolute Gasteiger partial charge is 0.388 e. The summed E-state index contributed by atoms with van der Waals surface area (Å²) in [4.78, 5) is 3.68. The number of nitriles is 1. The summed E-state index contributed by atoms with van der Waals surface area (Å²) in [6.45, 7) is 2.42. The van der Waals surface area contributed by atoms with Crippen LogP contribution < -0.4 is 11.5 Å². The van der Waals surface area contributed by atoms with Crippen LogP contribution in [0.3, 0.4) is 0 Å². The van der Waals surface area contributed by atoms with E-state index in [-0.39, 0.29) is 11.4 Å². The van der Waals surface area contributed by atoms with E-state index in [1.54, 1.807) is 6.07 Å². The molecule has 0 atom stereocenters. The second-order valence-electron chi connectivity index (χ2n) is 1.53. The van der Waals surface area contributed by atoms with Crippen molar-refractivity contribution in [2.75, 3.05) is 6.54 Å². The first-order valence-electron chi connectivity index (χ1n) is 2.80. The van der Waals surface area contributed by atoms with Gasteiger partial charge in [0.15, 0.2) is 5.70 Å². The van der Waals surface area contributed by atoms with Gasteiger partial charge < -0.3 is 11.5 Å². The maximum Gasteiger partial charge on any atom is 0.331 e. The van der Waals surface area contributed by atoms with Crippen LogP contribution >= 0.6 is 0 Å². The molecule has 0 heterocycles. The van der Waals surface area contributed by atoms with Crippen LogP contribution in [0.2, 0.25) is 0 Å². The predicted molar refractivity (Wildman–Crippen MR) is 38.8 cm³/mol. The van der Waals surface area contributed by atoms with Gasteiger partial charge in [-0.05, 0) is 0 Å². The van der Waals surface area contributed by atoms with Gasteiger partial charge in [-0.2, -0.15) is 5.26 Å². The Hall–Kier alpha value is -1.68. The van der Waals surface area contributed by atoms with Gasteiger partial charge >= 0.3 is 6.07 Å². The molecule has 0 radical (unpaired) electrons. The molecule has 4 nitrogen and oxygen atoms in total. The molecule has 0 aliphatic rings. The molecule has 0 saturated carbocycles. The van der Waals surface area contributed by atoms with Crippen molar-refractivity contribution in [2.45, 2.75) is 6.92 Å². The van der Waals surface area contributed by atoms with Crippen LogP contribution in [0.4, 0.5) is 0 Å². The molecule has 0 unspecified atom stereocenters. The molecular formula is C6H9N4+. The van der Waals surface area contributed by atoms with Gasteiger partial charge in [0.05, 0.1) is 0 Å². The van der Waals surface area contributed by atoms with Crippen molar-refractivity contribution >= 4 is 0 Å².